The van der Waals surface area contributed by atoms with Gasteiger partial charge in [-0.05, 0) is 41.4 Å². The number of nitrogens with zero attached hydrogens (tertiary/aromatic N) is 3. The second-order valence-electron chi connectivity index (χ2n) is 8.34. The highest BCUT2D eigenvalue weighted by molar-refractivity contribution is 7.91. The predicted octanol–water partition coefficient (Wildman–Crippen LogP) is 5.87. The van der Waals surface area contributed by atoms with Gasteiger partial charge in [0.25, 0.3) is 8.32 Å². The van der Waals surface area contributed by atoms with Gasteiger partial charge in [-0.2, -0.15) is 18.3 Å². The van der Waals surface area contributed by atoms with E-state index in [9.17, 15) is 17.7 Å². The minimum atomic E-state index is -4.63. The number of nitrogen functional groups attached to an aromatic ring is 1. The Hall–Kier alpha value is -1.40. The molecular formula is C18H23Cl2F3N4O2SSi. The first-order valence-electron chi connectivity index (χ1n) is 8.97. The van der Waals surface area contributed by atoms with E-state index in [0.29, 0.717) is 0 Å². The van der Waals surface area contributed by atoms with Gasteiger partial charge in [0, 0.05) is 0 Å². The molecule has 1 aromatic heterocycles. The lowest BCUT2D eigenvalue weighted by molar-refractivity contribution is -0.137. The summed E-state index contributed by atoms with van der Waals surface area (Å²) >= 11 is 10.6. The smallest absolute Gasteiger partial charge is 0.416 e. The maximum Gasteiger partial charge on any atom is 0.416 e. The fourth-order valence-electron chi connectivity index (χ4n) is 2.26. The van der Waals surface area contributed by atoms with Crippen LogP contribution in [0.5, 0.6) is 0 Å². The average Bonchev–Trinajstić information content (AvgIpc) is 2.88. The lowest BCUT2D eigenvalue weighted by Crippen LogP contribution is -2.39. The third-order valence-electron chi connectivity index (χ3n) is 5.01. The quantitative estimate of drug-likeness (QED) is 0.233. The molecule has 172 valence electrons. The molecule has 2 N–H and O–H groups in total. The molecule has 6 nitrogen and oxygen atoms in total. The Morgan fingerprint density at radius 2 is 1.74 bits per heavy atom. The third-order valence-corrected chi connectivity index (χ3v) is 10.8. The van der Waals surface area contributed by atoms with E-state index < -0.39 is 31.2 Å². The first-order valence-corrected chi connectivity index (χ1v) is 14.2. The van der Waals surface area contributed by atoms with E-state index in [-0.39, 0.29) is 37.2 Å². The summed E-state index contributed by atoms with van der Waals surface area (Å²) < 4.78 is 58.1. The first kappa shape index (κ1) is 25.9. The minimum absolute atomic E-state index is 0.0644. The minimum Gasteiger partial charge on any atom is -0.611 e. The summed E-state index contributed by atoms with van der Waals surface area (Å²) in [4.78, 5) is 0.134. The van der Waals surface area contributed by atoms with Crippen molar-refractivity contribution in [1.29, 1.82) is 0 Å². The third kappa shape index (κ3) is 5.51. The largest absolute Gasteiger partial charge is 0.611 e. The zero-order valence-corrected chi connectivity index (χ0v) is 21.1. The van der Waals surface area contributed by atoms with E-state index in [4.69, 9.17) is 33.5 Å². The van der Waals surface area contributed by atoms with Crippen LogP contribution in [-0.2, 0) is 21.9 Å². The number of anilines is 1. The number of rotatable bonds is 5. The van der Waals surface area contributed by atoms with Gasteiger partial charge in [0.15, 0.2) is 11.5 Å². The van der Waals surface area contributed by atoms with Crippen LogP contribution in [0, 0.1) is 0 Å². The molecule has 2 aromatic rings. The Bertz CT molecular complexity index is 982. The molecule has 31 heavy (non-hydrogen) atoms. The lowest BCUT2D eigenvalue weighted by Gasteiger charge is -2.32. The molecule has 0 aliphatic rings. The van der Waals surface area contributed by atoms with Gasteiger partial charge < -0.3 is 14.8 Å². The topological polar surface area (TPSA) is 88.5 Å². The number of halogens is 5. The van der Waals surface area contributed by atoms with Crippen molar-refractivity contribution in [3.63, 3.8) is 0 Å². The summed E-state index contributed by atoms with van der Waals surface area (Å²) in [5.74, 6) is -0.0850. The Kier molecular flexibility index (Phi) is 7.38. The molecule has 13 heteroatoms. The van der Waals surface area contributed by atoms with Crippen molar-refractivity contribution in [1.82, 2.24) is 9.78 Å². The van der Waals surface area contributed by atoms with Crippen molar-refractivity contribution in [2.45, 2.75) is 50.0 Å². The van der Waals surface area contributed by atoms with Gasteiger partial charge in [0.2, 0.25) is 4.90 Å². The van der Waals surface area contributed by atoms with Crippen LogP contribution in [0.1, 0.15) is 32.0 Å². The highest BCUT2D eigenvalue weighted by atomic mass is 35.5. The molecule has 0 aliphatic heterocycles. The van der Waals surface area contributed by atoms with Gasteiger partial charge in [-0.1, -0.05) is 44.0 Å². The molecule has 0 spiro atoms. The standard InChI is InChI=1S/C18H23Cl2F3N4O2SSi/c1-17(2,3)31(5,6)29-25-9-13-15(30(4)28)16(24)27(26-13)14-11(19)7-10(8-12(14)20)18(21,22)23/h7-9H,24H2,1-6H3/b25-9+. The van der Waals surface area contributed by atoms with Crippen LogP contribution in [0.25, 0.3) is 5.69 Å². The molecule has 0 saturated carbocycles. The van der Waals surface area contributed by atoms with Crippen LogP contribution < -0.4 is 5.73 Å². The van der Waals surface area contributed by atoms with Crippen LogP contribution >= 0.6 is 23.2 Å². The number of benzene rings is 1. The molecule has 1 aromatic carbocycles. The second-order valence-corrected chi connectivity index (χ2v) is 15.2. The number of nitrogens with two attached hydrogens (primary N) is 1. The van der Waals surface area contributed by atoms with E-state index in [1.165, 1.54) is 12.5 Å². The molecule has 0 radical (unpaired) electrons. The van der Waals surface area contributed by atoms with E-state index >= 15 is 0 Å². The molecule has 1 heterocycles. The van der Waals surface area contributed by atoms with Gasteiger partial charge in [0.05, 0.1) is 21.8 Å². The number of hydrogen-bond donors (Lipinski definition) is 1. The zero-order chi connectivity index (χ0) is 23.9. The Labute approximate surface area is 192 Å². The van der Waals surface area contributed by atoms with E-state index in [0.717, 1.165) is 16.8 Å². The highest BCUT2D eigenvalue weighted by Crippen LogP contribution is 2.39. The zero-order valence-electron chi connectivity index (χ0n) is 17.8. The first-order chi connectivity index (χ1) is 14.0. The average molecular weight is 515 g/mol. The van der Waals surface area contributed by atoms with Crippen LogP contribution in [0.3, 0.4) is 0 Å². The van der Waals surface area contributed by atoms with Crippen molar-refractivity contribution >= 4 is 54.7 Å². The number of alkyl halides is 3. The molecular weight excluding hydrogens is 492 g/mol. The van der Waals surface area contributed by atoms with Crippen LogP contribution in [0.2, 0.25) is 28.2 Å². The summed E-state index contributed by atoms with van der Waals surface area (Å²) in [6, 6.07) is 1.45. The summed E-state index contributed by atoms with van der Waals surface area (Å²) in [5.41, 5.74) is 5.15. The van der Waals surface area contributed by atoms with Gasteiger partial charge in [-0.25, -0.2) is 4.68 Å². The fraction of sp³-hybridized carbons (Fsp3) is 0.444. The van der Waals surface area contributed by atoms with Crippen LogP contribution in [0.15, 0.2) is 22.2 Å². The molecule has 2 rings (SSSR count). The van der Waals surface area contributed by atoms with E-state index in [2.05, 4.69) is 10.3 Å². The Morgan fingerprint density at radius 3 is 2.16 bits per heavy atom. The monoisotopic (exact) mass is 514 g/mol. The maximum absolute atomic E-state index is 13.0. The molecule has 0 bridgehead atoms. The van der Waals surface area contributed by atoms with Crippen molar-refractivity contribution in [3.05, 3.63) is 33.4 Å². The number of oxime groups is 1. The number of aromatic nitrogens is 2. The van der Waals surface area contributed by atoms with Gasteiger partial charge >= 0.3 is 6.18 Å². The second kappa shape index (κ2) is 8.85. The fourth-order valence-corrected chi connectivity index (χ4v) is 4.27. The molecule has 0 fully saturated rings. The Balaban J connectivity index is 2.55. The summed E-state index contributed by atoms with van der Waals surface area (Å²) in [7, 11) is -2.20. The van der Waals surface area contributed by atoms with E-state index in [1.54, 1.807) is 0 Å². The predicted molar refractivity (Wildman–Crippen MR) is 121 cm³/mol. The van der Waals surface area contributed by atoms with Crippen molar-refractivity contribution in [2.24, 2.45) is 5.16 Å². The molecule has 0 amide bonds. The van der Waals surface area contributed by atoms with E-state index in [1.807, 2.05) is 33.9 Å². The highest BCUT2D eigenvalue weighted by Gasteiger charge is 2.40. The molecule has 0 aliphatic carbocycles. The van der Waals surface area contributed by atoms with Gasteiger partial charge in [0.1, 0.15) is 11.9 Å². The molecule has 1 unspecified atom stereocenters. The maximum atomic E-state index is 13.0. The van der Waals surface area contributed by atoms with Gasteiger partial charge in [-0.3, -0.25) is 0 Å². The van der Waals surface area contributed by atoms with Crippen molar-refractivity contribution in [2.75, 3.05) is 12.0 Å². The van der Waals surface area contributed by atoms with Crippen LogP contribution in [0.4, 0.5) is 19.0 Å². The Morgan fingerprint density at radius 1 is 1.23 bits per heavy atom. The van der Waals surface area contributed by atoms with Crippen molar-refractivity contribution < 1.29 is 22.3 Å². The number of hydrogen-bond acceptors (Lipinski definition) is 5. The molecule has 0 saturated heterocycles. The van der Waals surface area contributed by atoms with Gasteiger partial charge in [-0.15, -0.1) is 5.16 Å². The normalized spacial score (nSPS) is 14.3. The van der Waals surface area contributed by atoms with Crippen LogP contribution in [-0.4, -0.2) is 35.1 Å². The summed E-state index contributed by atoms with van der Waals surface area (Å²) in [6.45, 7) is 10.1. The molecule has 1 atom stereocenters. The lowest BCUT2D eigenvalue weighted by atomic mass is 10.2. The summed E-state index contributed by atoms with van der Waals surface area (Å²) in [6.07, 6.45) is -1.97. The summed E-state index contributed by atoms with van der Waals surface area (Å²) in [5, 5.41) is 7.52. The van der Waals surface area contributed by atoms with Crippen molar-refractivity contribution in [3.8, 4) is 5.69 Å². The SMILES string of the molecule is C[S+]([O-])c1c(/C=N/O[Si](C)(C)C(C)(C)C)nn(-c2c(Cl)cc(C(F)(F)F)cc2Cl)c1N.